The van der Waals surface area contributed by atoms with E-state index in [4.69, 9.17) is 10.2 Å². The summed E-state index contributed by atoms with van der Waals surface area (Å²) in [6.07, 6.45) is 0. The highest BCUT2D eigenvalue weighted by atomic mass is 32.2. The molecule has 2 aromatic rings. The zero-order valence-corrected chi connectivity index (χ0v) is 11.0. The van der Waals surface area contributed by atoms with Crippen molar-refractivity contribution in [1.29, 1.82) is 0 Å². The molecule has 0 unspecified atom stereocenters. The van der Waals surface area contributed by atoms with Crippen LogP contribution in [0.3, 0.4) is 0 Å². The molecule has 0 radical (unpaired) electrons. The van der Waals surface area contributed by atoms with Crippen LogP contribution in [0.25, 0.3) is 0 Å². The molecule has 0 spiro atoms. The zero-order chi connectivity index (χ0) is 14.7. The second kappa shape index (κ2) is 5.66. The number of aromatic carboxylic acids is 2. The van der Waals surface area contributed by atoms with Gasteiger partial charge >= 0.3 is 11.9 Å². The Kier molecular flexibility index (Phi) is 3.95. The molecular formula is C14H10O5S. The predicted molar refractivity (Wildman–Crippen MR) is 71.5 cm³/mol. The third kappa shape index (κ3) is 2.60. The third-order valence-corrected chi connectivity index (χ3v) is 4.15. The molecule has 0 heterocycles. The average Bonchev–Trinajstić information content (AvgIpc) is 2.46. The first-order chi connectivity index (χ1) is 9.52. The van der Waals surface area contributed by atoms with E-state index >= 15 is 0 Å². The molecule has 0 saturated heterocycles. The summed E-state index contributed by atoms with van der Waals surface area (Å²) in [5.74, 6) is -2.41. The summed E-state index contributed by atoms with van der Waals surface area (Å²) in [5.41, 5.74) is -0.211. The highest BCUT2D eigenvalue weighted by molar-refractivity contribution is 7.85. The lowest BCUT2D eigenvalue weighted by atomic mass is 10.2. The first-order valence-corrected chi connectivity index (χ1v) is 6.73. The van der Waals surface area contributed by atoms with E-state index in [0.717, 1.165) is 0 Å². The molecule has 0 aromatic heterocycles. The number of benzene rings is 2. The summed E-state index contributed by atoms with van der Waals surface area (Å²) in [5, 5.41) is 18.2. The Labute approximate surface area is 117 Å². The van der Waals surface area contributed by atoms with Crippen LogP contribution in [0.5, 0.6) is 0 Å². The van der Waals surface area contributed by atoms with Gasteiger partial charge in [0.15, 0.2) is 0 Å². The minimum Gasteiger partial charge on any atom is -0.478 e. The molecule has 0 fully saturated rings. The van der Waals surface area contributed by atoms with Crippen molar-refractivity contribution in [2.24, 2.45) is 0 Å². The largest absolute Gasteiger partial charge is 0.478 e. The number of carbonyl (C=O) groups is 2. The van der Waals surface area contributed by atoms with E-state index in [1.165, 1.54) is 36.4 Å². The second-order valence-electron chi connectivity index (χ2n) is 3.87. The lowest BCUT2D eigenvalue weighted by Gasteiger charge is -2.08. The van der Waals surface area contributed by atoms with Gasteiger partial charge in [0.2, 0.25) is 0 Å². The van der Waals surface area contributed by atoms with Crippen LogP contribution in [0.2, 0.25) is 0 Å². The third-order valence-electron chi connectivity index (χ3n) is 2.63. The summed E-state index contributed by atoms with van der Waals surface area (Å²) >= 11 is 0. The fraction of sp³-hybridized carbons (Fsp3) is 0. The van der Waals surface area contributed by atoms with Gasteiger partial charge in [0.1, 0.15) is 0 Å². The lowest BCUT2D eigenvalue weighted by molar-refractivity contribution is 0.0683. The normalized spacial score (nSPS) is 10.4. The fourth-order valence-electron chi connectivity index (χ4n) is 1.73. The molecule has 102 valence electrons. The Balaban J connectivity index is 2.59. The number of carboxylic acid groups (broad SMARTS) is 2. The molecule has 0 aliphatic heterocycles. The molecule has 5 nitrogen and oxygen atoms in total. The minimum absolute atomic E-state index is 0.0775. The summed E-state index contributed by atoms with van der Waals surface area (Å²) in [6, 6.07) is 11.7. The van der Waals surface area contributed by atoms with Gasteiger partial charge in [-0.05, 0) is 24.3 Å². The minimum atomic E-state index is -1.87. The number of carboxylic acids is 2. The van der Waals surface area contributed by atoms with Crippen molar-refractivity contribution < 1.29 is 24.0 Å². The van der Waals surface area contributed by atoms with Crippen LogP contribution in [0.1, 0.15) is 20.7 Å². The van der Waals surface area contributed by atoms with Crippen LogP contribution in [0, 0.1) is 0 Å². The average molecular weight is 292 g/mol. The van der Waals surface area contributed by atoms with Gasteiger partial charge in [-0.1, -0.05) is 24.3 Å². The van der Waals surface area contributed by atoms with Gasteiger partial charge in [-0.15, -0.1) is 0 Å². The fourth-order valence-corrected chi connectivity index (χ4v) is 3.08. The molecule has 0 atom stereocenters. The molecule has 0 bridgehead atoms. The van der Waals surface area contributed by atoms with E-state index in [9.17, 15) is 13.8 Å². The van der Waals surface area contributed by atoms with Gasteiger partial charge in [0, 0.05) is 0 Å². The van der Waals surface area contributed by atoms with Gasteiger partial charge in [0.05, 0.1) is 31.7 Å². The Morgan fingerprint density at radius 1 is 0.800 bits per heavy atom. The topological polar surface area (TPSA) is 91.7 Å². The molecule has 0 saturated carbocycles. The molecule has 2 rings (SSSR count). The maximum absolute atomic E-state index is 12.5. The Morgan fingerprint density at radius 2 is 1.15 bits per heavy atom. The standard InChI is InChI=1S/C14H10O5S/c15-13(16)9-5-1-3-7-11(9)20(19)12-8-4-2-6-10(12)14(17)18/h1-8H,(H,15,16)(H,17,18)/i19+2. The van der Waals surface area contributed by atoms with Crippen molar-refractivity contribution in [2.75, 3.05) is 0 Å². The lowest BCUT2D eigenvalue weighted by Crippen LogP contribution is -2.08. The van der Waals surface area contributed by atoms with E-state index in [-0.39, 0.29) is 20.9 Å². The first-order valence-electron chi connectivity index (χ1n) is 5.59. The summed E-state index contributed by atoms with van der Waals surface area (Å²) in [4.78, 5) is 22.4. The summed E-state index contributed by atoms with van der Waals surface area (Å²) < 4.78 is 12.5. The van der Waals surface area contributed by atoms with Crippen LogP contribution < -0.4 is 0 Å². The Bertz CT molecular complexity index is 649. The van der Waals surface area contributed by atoms with Crippen LogP contribution in [-0.2, 0) is 10.8 Å². The van der Waals surface area contributed by atoms with Gasteiger partial charge in [-0.25, -0.2) is 13.8 Å². The van der Waals surface area contributed by atoms with Gasteiger partial charge in [0.25, 0.3) is 0 Å². The predicted octanol–water partition coefficient (Wildman–Crippen LogP) is 2.25. The first kappa shape index (κ1) is 14.0. The van der Waals surface area contributed by atoms with Crippen LogP contribution in [0.15, 0.2) is 58.3 Å². The van der Waals surface area contributed by atoms with Crippen molar-refractivity contribution in [1.82, 2.24) is 0 Å². The molecule has 0 aliphatic carbocycles. The van der Waals surface area contributed by atoms with Gasteiger partial charge in [-0.3, -0.25) is 0 Å². The quantitative estimate of drug-likeness (QED) is 0.843. The van der Waals surface area contributed by atoms with Gasteiger partial charge < -0.3 is 10.2 Å². The van der Waals surface area contributed by atoms with Crippen molar-refractivity contribution >= 4 is 22.7 Å². The maximum atomic E-state index is 12.5. The van der Waals surface area contributed by atoms with Crippen molar-refractivity contribution in [2.45, 2.75) is 9.79 Å². The van der Waals surface area contributed by atoms with E-state index in [1.54, 1.807) is 12.1 Å². The van der Waals surface area contributed by atoms with Crippen LogP contribution >= 0.6 is 0 Å². The smallest absolute Gasteiger partial charge is 0.336 e. The Hall–Kier alpha value is -2.47. The number of hydrogen-bond donors (Lipinski definition) is 2. The van der Waals surface area contributed by atoms with E-state index in [2.05, 4.69) is 0 Å². The highest BCUT2D eigenvalue weighted by Gasteiger charge is 2.20. The molecule has 2 aromatic carbocycles. The summed E-state index contributed by atoms with van der Waals surface area (Å²) in [7, 11) is -1.87. The van der Waals surface area contributed by atoms with Crippen molar-refractivity contribution in [3.8, 4) is 0 Å². The molecular weight excluding hydrogens is 282 g/mol. The molecule has 0 aliphatic rings. The van der Waals surface area contributed by atoms with Crippen molar-refractivity contribution in [3.63, 3.8) is 0 Å². The molecule has 20 heavy (non-hydrogen) atoms. The number of rotatable bonds is 4. The SMILES string of the molecule is O=C(O)c1ccccc1S(=[18O])c1ccccc1C(=O)O. The van der Waals surface area contributed by atoms with Crippen LogP contribution in [0.4, 0.5) is 0 Å². The zero-order valence-electron chi connectivity index (χ0n) is 10.1. The molecule has 2 N–H and O–H groups in total. The summed E-state index contributed by atoms with van der Waals surface area (Å²) in [6.45, 7) is 0. The molecule has 6 heteroatoms. The van der Waals surface area contributed by atoms with Gasteiger partial charge in [-0.2, -0.15) is 0 Å². The van der Waals surface area contributed by atoms with E-state index < -0.39 is 22.7 Å². The van der Waals surface area contributed by atoms with Crippen molar-refractivity contribution in [3.05, 3.63) is 59.7 Å². The Morgan fingerprint density at radius 3 is 1.50 bits per heavy atom. The second-order valence-corrected chi connectivity index (χ2v) is 5.29. The van der Waals surface area contributed by atoms with E-state index in [1.807, 2.05) is 0 Å². The molecule has 0 amide bonds. The maximum Gasteiger partial charge on any atom is 0.336 e. The highest BCUT2D eigenvalue weighted by Crippen LogP contribution is 2.23. The number of hydrogen-bond acceptors (Lipinski definition) is 3. The van der Waals surface area contributed by atoms with Crippen LogP contribution in [-0.4, -0.2) is 26.4 Å². The van der Waals surface area contributed by atoms with E-state index in [0.29, 0.717) is 0 Å². The monoisotopic (exact) mass is 292 g/mol.